The molecule has 6 heteroatoms. The lowest BCUT2D eigenvalue weighted by Gasteiger charge is -2.21. The number of anilines is 1. The van der Waals surface area contributed by atoms with Crippen molar-refractivity contribution in [2.75, 3.05) is 31.5 Å². The predicted molar refractivity (Wildman–Crippen MR) is 101 cm³/mol. The lowest BCUT2D eigenvalue weighted by Crippen LogP contribution is -2.34. The molecule has 2 aromatic rings. The minimum atomic E-state index is -0.214. The van der Waals surface area contributed by atoms with Crippen LogP contribution in [0.15, 0.2) is 54.6 Å². The molecule has 1 fully saturated rings. The summed E-state index contributed by atoms with van der Waals surface area (Å²) in [4.78, 5) is 27.1. The number of hydrogen-bond donors (Lipinski definition) is 2. The first-order valence-corrected chi connectivity index (χ1v) is 8.21. The van der Waals surface area contributed by atoms with E-state index in [1.54, 1.807) is 24.3 Å². The zero-order valence-corrected chi connectivity index (χ0v) is 14.7. The molecule has 1 aliphatic rings. The van der Waals surface area contributed by atoms with Gasteiger partial charge >= 0.3 is 0 Å². The molecular weight excluding hydrogens is 338 g/mol. The predicted octanol–water partition coefficient (Wildman–Crippen LogP) is 2.80. The van der Waals surface area contributed by atoms with Crippen LogP contribution in [0.25, 0.3) is 0 Å². The summed E-state index contributed by atoms with van der Waals surface area (Å²) in [5.41, 5.74) is 1.65. The standard InChI is InChI=1S/C19H21N3O2.ClH/c23-18(15-7-2-1-3-8-15)21-17-10-5-4-9-16(17)19(24)22-13-6-11-20-12-14-22;/h1-5,7-10,20H,6,11-14H2,(H,21,23);1H. The average Bonchev–Trinajstić information content (AvgIpc) is 2.92. The Kier molecular flexibility index (Phi) is 6.98. The van der Waals surface area contributed by atoms with Crippen LogP contribution in [0.3, 0.4) is 0 Å². The van der Waals surface area contributed by atoms with Crippen LogP contribution in [0.1, 0.15) is 27.1 Å². The summed E-state index contributed by atoms with van der Waals surface area (Å²) in [6.07, 6.45) is 0.935. The highest BCUT2D eigenvalue weighted by Gasteiger charge is 2.20. The molecule has 5 nitrogen and oxygen atoms in total. The van der Waals surface area contributed by atoms with Crippen LogP contribution >= 0.6 is 12.4 Å². The lowest BCUT2D eigenvalue weighted by molar-refractivity contribution is 0.0767. The molecule has 0 spiro atoms. The molecule has 132 valence electrons. The van der Waals surface area contributed by atoms with Crippen molar-refractivity contribution < 1.29 is 9.59 Å². The maximum atomic E-state index is 12.8. The molecule has 3 rings (SSSR count). The fourth-order valence-corrected chi connectivity index (χ4v) is 2.78. The van der Waals surface area contributed by atoms with E-state index in [0.717, 1.165) is 26.1 Å². The van der Waals surface area contributed by atoms with Gasteiger partial charge in [0.1, 0.15) is 0 Å². The number of nitrogens with zero attached hydrogens (tertiary/aromatic N) is 1. The monoisotopic (exact) mass is 359 g/mol. The minimum absolute atomic E-state index is 0. The number of carbonyl (C=O) groups excluding carboxylic acids is 2. The normalized spacial score (nSPS) is 14.2. The molecule has 2 aromatic carbocycles. The second-order valence-corrected chi connectivity index (χ2v) is 5.76. The number of rotatable bonds is 3. The van der Waals surface area contributed by atoms with Gasteiger partial charge < -0.3 is 15.5 Å². The summed E-state index contributed by atoms with van der Waals surface area (Å²) in [6.45, 7) is 3.13. The third-order valence-corrected chi connectivity index (χ3v) is 4.07. The van der Waals surface area contributed by atoms with Crippen molar-refractivity contribution in [3.05, 3.63) is 65.7 Å². The van der Waals surface area contributed by atoms with Gasteiger partial charge in [0.05, 0.1) is 11.3 Å². The molecular formula is C19H22ClN3O2. The van der Waals surface area contributed by atoms with Crippen LogP contribution in [0.2, 0.25) is 0 Å². The number of halogens is 1. The highest BCUT2D eigenvalue weighted by atomic mass is 35.5. The molecule has 0 aliphatic carbocycles. The maximum Gasteiger partial charge on any atom is 0.256 e. The van der Waals surface area contributed by atoms with E-state index in [2.05, 4.69) is 10.6 Å². The lowest BCUT2D eigenvalue weighted by atomic mass is 10.1. The van der Waals surface area contributed by atoms with Crippen molar-refractivity contribution in [3.8, 4) is 0 Å². The highest BCUT2D eigenvalue weighted by Crippen LogP contribution is 2.19. The second kappa shape index (κ2) is 9.20. The van der Waals surface area contributed by atoms with E-state index in [1.807, 2.05) is 35.2 Å². The molecule has 0 bridgehead atoms. The molecule has 25 heavy (non-hydrogen) atoms. The molecule has 1 aliphatic heterocycles. The number of carbonyl (C=O) groups is 2. The molecule has 2 N–H and O–H groups in total. The van der Waals surface area contributed by atoms with Gasteiger partial charge in [-0.25, -0.2) is 0 Å². The summed E-state index contributed by atoms with van der Waals surface area (Å²) in [5, 5.41) is 6.15. The number of hydrogen-bond acceptors (Lipinski definition) is 3. The zero-order valence-electron chi connectivity index (χ0n) is 13.9. The Labute approximate surface area is 153 Å². The van der Waals surface area contributed by atoms with Crippen molar-refractivity contribution >= 4 is 29.9 Å². The Morgan fingerprint density at radius 3 is 2.44 bits per heavy atom. The van der Waals surface area contributed by atoms with Crippen LogP contribution < -0.4 is 10.6 Å². The summed E-state index contributed by atoms with van der Waals surface area (Å²) >= 11 is 0. The van der Waals surface area contributed by atoms with Gasteiger partial charge in [-0.15, -0.1) is 12.4 Å². The van der Waals surface area contributed by atoms with E-state index in [9.17, 15) is 9.59 Å². The van der Waals surface area contributed by atoms with Gasteiger partial charge in [0.25, 0.3) is 11.8 Å². The average molecular weight is 360 g/mol. The van der Waals surface area contributed by atoms with Crippen molar-refractivity contribution in [3.63, 3.8) is 0 Å². The first kappa shape index (κ1) is 19.0. The van der Waals surface area contributed by atoms with Crippen molar-refractivity contribution in [1.29, 1.82) is 0 Å². The molecule has 0 atom stereocenters. The Hall–Kier alpha value is -2.37. The minimum Gasteiger partial charge on any atom is -0.337 e. The van der Waals surface area contributed by atoms with E-state index < -0.39 is 0 Å². The van der Waals surface area contributed by atoms with Crippen LogP contribution in [-0.2, 0) is 0 Å². The van der Waals surface area contributed by atoms with Crippen LogP contribution in [0.4, 0.5) is 5.69 Å². The molecule has 0 saturated carbocycles. The van der Waals surface area contributed by atoms with Gasteiger partial charge in [0, 0.05) is 25.2 Å². The van der Waals surface area contributed by atoms with Crippen molar-refractivity contribution in [1.82, 2.24) is 10.2 Å². The second-order valence-electron chi connectivity index (χ2n) is 5.76. The Morgan fingerprint density at radius 2 is 1.64 bits per heavy atom. The van der Waals surface area contributed by atoms with E-state index in [4.69, 9.17) is 0 Å². The highest BCUT2D eigenvalue weighted by molar-refractivity contribution is 6.09. The van der Waals surface area contributed by atoms with Gasteiger partial charge in [-0.3, -0.25) is 9.59 Å². The summed E-state index contributed by atoms with van der Waals surface area (Å²) in [5.74, 6) is -0.254. The molecule has 0 aromatic heterocycles. The van der Waals surface area contributed by atoms with Gasteiger partial charge in [-0.2, -0.15) is 0 Å². The molecule has 2 amide bonds. The number of amides is 2. The van der Waals surface area contributed by atoms with Crippen molar-refractivity contribution in [2.45, 2.75) is 6.42 Å². The Bertz CT molecular complexity index is 714. The quantitative estimate of drug-likeness (QED) is 0.885. The van der Waals surface area contributed by atoms with Gasteiger partial charge in [0.2, 0.25) is 0 Å². The fraction of sp³-hybridized carbons (Fsp3) is 0.263. The maximum absolute atomic E-state index is 12.8. The largest absolute Gasteiger partial charge is 0.337 e. The smallest absolute Gasteiger partial charge is 0.256 e. The summed E-state index contributed by atoms with van der Waals surface area (Å²) in [7, 11) is 0. The third kappa shape index (κ3) is 4.81. The summed E-state index contributed by atoms with van der Waals surface area (Å²) < 4.78 is 0. The van der Waals surface area contributed by atoms with Gasteiger partial charge in [-0.05, 0) is 37.2 Å². The third-order valence-electron chi connectivity index (χ3n) is 4.07. The van der Waals surface area contributed by atoms with Gasteiger partial charge in [-0.1, -0.05) is 30.3 Å². The first-order chi connectivity index (χ1) is 11.8. The van der Waals surface area contributed by atoms with E-state index in [-0.39, 0.29) is 24.2 Å². The summed E-state index contributed by atoms with van der Waals surface area (Å²) in [6, 6.07) is 16.2. The van der Waals surface area contributed by atoms with Crippen LogP contribution in [0, 0.1) is 0 Å². The number of benzene rings is 2. The topological polar surface area (TPSA) is 61.4 Å². The zero-order chi connectivity index (χ0) is 16.8. The molecule has 1 saturated heterocycles. The fourth-order valence-electron chi connectivity index (χ4n) is 2.78. The number of para-hydroxylation sites is 1. The van der Waals surface area contributed by atoms with Gasteiger partial charge in [0.15, 0.2) is 0 Å². The molecule has 0 unspecified atom stereocenters. The SMILES string of the molecule is Cl.O=C(Nc1ccccc1C(=O)N1CCCNCC1)c1ccccc1. The molecule has 0 radical (unpaired) electrons. The van der Waals surface area contributed by atoms with Crippen molar-refractivity contribution in [2.24, 2.45) is 0 Å². The van der Waals surface area contributed by atoms with E-state index in [0.29, 0.717) is 23.4 Å². The number of nitrogens with one attached hydrogen (secondary N) is 2. The van der Waals surface area contributed by atoms with E-state index >= 15 is 0 Å². The first-order valence-electron chi connectivity index (χ1n) is 8.21. The van der Waals surface area contributed by atoms with E-state index in [1.165, 1.54) is 0 Å². The molecule has 1 heterocycles. The Morgan fingerprint density at radius 1 is 0.920 bits per heavy atom. The Balaban J connectivity index is 0.00000225. The van der Waals surface area contributed by atoms with Crippen LogP contribution in [0.5, 0.6) is 0 Å². The van der Waals surface area contributed by atoms with Crippen LogP contribution in [-0.4, -0.2) is 42.9 Å².